The van der Waals surface area contributed by atoms with Gasteiger partial charge in [0.1, 0.15) is 11.3 Å². The highest BCUT2D eigenvalue weighted by Crippen LogP contribution is 2.19. The molecule has 0 saturated heterocycles. The molecule has 0 unspecified atom stereocenters. The number of rotatable bonds is 5. The number of ether oxygens (including phenoxy) is 1. The summed E-state index contributed by atoms with van der Waals surface area (Å²) < 4.78 is 5.37. The zero-order valence-electron chi connectivity index (χ0n) is 11.7. The van der Waals surface area contributed by atoms with Crippen LogP contribution in [-0.2, 0) is 4.84 Å². The maximum atomic E-state index is 12.0. The van der Waals surface area contributed by atoms with Gasteiger partial charge in [0.2, 0.25) is 0 Å². The van der Waals surface area contributed by atoms with Crippen molar-refractivity contribution >= 4 is 11.8 Å². The first kappa shape index (κ1) is 14.6. The molecule has 0 aromatic heterocycles. The van der Waals surface area contributed by atoms with E-state index < -0.39 is 5.97 Å². The predicted octanol–water partition coefficient (Wildman–Crippen LogP) is 2.56. The quantitative estimate of drug-likeness (QED) is 0.396. The van der Waals surface area contributed by atoms with E-state index in [4.69, 9.17) is 15.3 Å². The number of oxime groups is 1. The number of amidine groups is 1. The van der Waals surface area contributed by atoms with Gasteiger partial charge in [-0.25, -0.2) is 4.79 Å². The number of benzene rings is 2. The molecule has 108 valence electrons. The number of hydrogen-bond acceptors (Lipinski definition) is 4. The molecule has 0 aliphatic carbocycles. The van der Waals surface area contributed by atoms with Crippen LogP contribution < -0.4 is 10.5 Å². The number of nitrogens with two attached hydrogens (primary N) is 1. The fourth-order valence-corrected chi connectivity index (χ4v) is 1.72. The van der Waals surface area contributed by atoms with Gasteiger partial charge in [0.25, 0.3) is 0 Å². The fourth-order valence-electron chi connectivity index (χ4n) is 1.72. The summed E-state index contributed by atoms with van der Waals surface area (Å²) in [6.45, 7) is 2.30. The van der Waals surface area contributed by atoms with Crippen molar-refractivity contribution in [3.8, 4) is 5.75 Å². The van der Waals surface area contributed by atoms with Crippen molar-refractivity contribution < 1.29 is 14.4 Å². The normalized spacial score (nSPS) is 11.0. The van der Waals surface area contributed by atoms with Gasteiger partial charge in [-0.2, -0.15) is 0 Å². The van der Waals surface area contributed by atoms with Gasteiger partial charge in [0.15, 0.2) is 5.84 Å². The summed E-state index contributed by atoms with van der Waals surface area (Å²) in [6.07, 6.45) is 0. The molecule has 2 rings (SSSR count). The molecule has 0 aliphatic rings. The van der Waals surface area contributed by atoms with E-state index in [1.54, 1.807) is 36.4 Å². The highest BCUT2D eigenvalue weighted by molar-refractivity contribution is 5.98. The minimum Gasteiger partial charge on any atom is -0.493 e. The molecule has 0 radical (unpaired) electrons. The second-order valence-corrected chi connectivity index (χ2v) is 4.15. The van der Waals surface area contributed by atoms with E-state index in [1.807, 2.05) is 25.1 Å². The number of para-hydroxylation sites is 1. The van der Waals surface area contributed by atoms with E-state index >= 15 is 0 Å². The molecule has 0 saturated carbocycles. The van der Waals surface area contributed by atoms with Crippen LogP contribution in [0.3, 0.4) is 0 Å². The Bertz CT molecular complexity index is 639. The van der Waals surface area contributed by atoms with Crippen LogP contribution in [0.1, 0.15) is 22.8 Å². The smallest absolute Gasteiger partial charge is 0.369 e. The number of hydrogen-bond donors (Lipinski definition) is 1. The lowest BCUT2D eigenvalue weighted by Gasteiger charge is -2.07. The van der Waals surface area contributed by atoms with E-state index in [0.717, 1.165) is 0 Å². The first-order valence-corrected chi connectivity index (χ1v) is 6.54. The number of nitrogens with zero attached hydrogens (tertiary/aromatic N) is 1. The Morgan fingerprint density at radius 3 is 2.48 bits per heavy atom. The topological polar surface area (TPSA) is 73.9 Å². The minimum absolute atomic E-state index is 0.137. The van der Waals surface area contributed by atoms with Crippen molar-refractivity contribution in [1.82, 2.24) is 0 Å². The summed E-state index contributed by atoms with van der Waals surface area (Å²) in [5.74, 6) is -0.0192. The van der Waals surface area contributed by atoms with Crippen molar-refractivity contribution in [2.24, 2.45) is 10.9 Å². The lowest BCUT2D eigenvalue weighted by atomic mass is 10.2. The van der Waals surface area contributed by atoms with Crippen LogP contribution in [-0.4, -0.2) is 18.4 Å². The van der Waals surface area contributed by atoms with Gasteiger partial charge in [-0.15, -0.1) is 0 Å². The summed E-state index contributed by atoms with van der Waals surface area (Å²) in [6, 6.07) is 15.9. The second-order valence-electron chi connectivity index (χ2n) is 4.15. The lowest BCUT2D eigenvalue weighted by molar-refractivity contribution is 0.0511. The summed E-state index contributed by atoms with van der Waals surface area (Å²) >= 11 is 0. The zero-order valence-corrected chi connectivity index (χ0v) is 11.7. The molecule has 2 N–H and O–H groups in total. The largest absolute Gasteiger partial charge is 0.493 e. The Kier molecular flexibility index (Phi) is 4.93. The average Bonchev–Trinajstić information content (AvgIpc) is 2.54. The molecule has 21 heavy (non-hydrogen) atoms. The SMILES string of the molecule is CCOc1ccccc1C(=O)O/N=C(\N)c1ccccc1. The van der Waals surface area contributed by atoms with Gasteiger partial charge < -0.3 is 15.3 Å². The van der Waals surface area contributed by atoms with Crippen molar-refractivity contribution in [1.29, 1.82) is 0 Å². The van der Waals surface area contributed by atoms with E-state index in [1.165, 1.54) is 0 Å². The molecule has 0 spiro atoms. The van der Waals surface area contributed by atoms with Crippen LogP contribution in [0, 0.1) is 0 Å². The highest BCUT2D eigenvalue weighted by Gasteiger charge is 2.13. The third-order valence-electron chi connectivity index (χ3n) is 2.70. The molecule has 0 fully saturated rings. The van der Waals surface area contributed by atoms with E-state index in [9.17, 15) is 4.79 Å². The molecule has 2 aromatic rings. The first-order chi connectivity index (χ1) is 10.2. The second kappa shape index (κ2) is 7.09. The Hall–Kier alpha value is -2.82. The maximum absolute atomic E-state index is 12.0. The Labute approximate surface area is 123 Å². The summed E-state index contributed by atoms with van der Waals surface area (Å²) in [7, 11) is 0. The predicted molar refractivity (Wildman–Crippen MR) is 80.2 cm³/mol. The van der Waals surface area contributed by atoms with Crippen LogP contribution in [0.2, 0.25) is 0 Å². The molecule has 0 amide bonds. The Balaban J connectivity index is 2.12. The lowest BCUT2D eigenvalue weighted by Crippen LogP contribution is -2.15. The van der Waals surface area contributed by atoms with E-state index in [2.05, 4.69) is 5.16 Å². The van der Waals surface area contributed by atoms with Crippen molar-refractivity contribution in [2.75, 3.05) is 6.61 Å². The molecule has 0 bridgehead atoms. The van der Waals surface area contributed by atoms with Crippen LogP contribution in [0.25, 0.3) is 0 Å². The zero-order chi connectivity index (χ0) is 15.1. The van der Waals surface area contributed by atoms with Crippen molar-refractivity contribution in [3.05, 3.63) is 65.7 Å². The standard InChI is InChI=1S/C16H16N2O3/c1-2-20-14-11-7-6-10-13(14)16(19)21-18-15(17)12-8-4-3-5-9-12/h3-11H,2H2,1H3,(H2,17,18). The number of carbonyl (C=O) groups is 1. The van der Waals surface area contributed by atoms with Gasteiger partial charge in [-0.3, -0.25) is 0 Å². The van der Waals surface area contributed by atoms with Crippen LogP contribution in [0.5, 0.6) is 5.75 Å². The van der Waals surface area contributed by atoms with E-state index in [-0.39, 0.29) is 5.84 Å². The van der Waals surface area contributed by atoms with Gasteiger partial charge in [0.05, 0.1) is 6.61 Å². The summed E-state index contributed by atoms with van der Waals surface area (Å²) in [4.78, 5) is 16.9. The summed E-state index contributed by atoms with van der Waals surface area (Å²) in [5, 5.41) is 3.66. The Morgan fingerprint density at radius 2 is 1.76 bits per heavy atom. The molecule has 5 nitrogen and oxygen atoms in total. The van der Waals surface area contributed by atoms with Crippen molar-refractivity contribution in [3.63, 3.8) is 0 Å². The molecular formula is C16H16N2O3. The number of carbonyl (C=O) groups excluding carboxylic acids is 1. The van der Waals surface area contributed by atoms with Crippen LogP contribution in [0.15, 0.2) is 59.8 Å². The third-order valence-corrected chi connectivity index (χ3v) is 2.70. The maximum Gasteiger partial charge on any atom is 0.369 e. The molecule has 5 heteroatoms. The van der Waals surface area contributed by atoms with E-state index in [0.29, 0.717) is 23.5 Å². The van der Waals surface area contributed by atoms with Gasteiger partial charge in [0, 0.05) is 5.56 Å². The van der Waals surface area contributed by atoms with Gasteiger partial charge in [-0.1, -0.05) is 47.6 Å². The molecule has 0 heterocycles. The Morgan fingerprint density at radius 1 is 1.10 bits per heavy atom. The van der Waals surface area contributed by atoms with Crippen molar-refractivity contribution in [2.45, 2.75) is 6.92 Å². The minimum atomic E-state index is -0.613. The van der Waals surface area contributed by atoms with Gasteiger partial charge in [-0.05, 0) is 19.1 Å². The monoisotopic (exact) mass is 284 g/mol. The molecule has 0 aliphatic heterocycles. The van der Waals surface area contributed by atoms with Gasteiger partial charge >= 0.3 is 5.97 Å². The van der Waals surface area contributed by atoms with Crippen LogP contribution in [0.4, 0.5) is 0 Å². The molecule has 0 atom stereocenters. The molecule has 2 aromatic carbocycles. The first-order valence-electron chi connectivity index (χ1n) is 6.54. The molecular weight excluding hydrogens is 268 g/mol. The summed E-state index contributed by atoms with van der Waals surface area (Å²) in [5.41, 5.74) is 6.75. The average molecular weight is 284 g/mol. The fraction of sp³-hybridized carbons (Fsp3) is 0.125. The highest BCUT2D eigenvalue weighted by atomic mass is 16.7. The third kappa shape index (κ3) is 3.82. The van der Waals surface area contributed by atoms with Crippen LogP contribution >= 0.6 is 0 Å².